The van der Waals surface area contributed by atoms with Crippen LogP contribution in [0, 0.1) is 12.7 Å². The first kappa shape index (κ1) is 25.3. The molecule has 2 N–H and O–H groups in total. The van der Waals surface area contributed by atoms with Gasteiger partial charge in [0.2, 0.25) is 0 Å². The quantitative estimate of drug-likeness (QED) is 0.244. The number of esters is 1. The van der Waals surface area contributed by atoms with Crippen LogP contribution in [0.4, 0.5) is 9.18 Å². The molecule has 1 unspecified atom stereocenters. The van der Waals surface area contributed by atoms with Crippen LogP contribution in [0.2, 0.25) is 0 Å². The first-order valence-electron chi connectivity index (χ1n) is 11.9. The molecule has 11 heteroatoms. The van der Waals surface area contributed by atoms with Crippen molar-refractivity contribution in [1.82, 2.24) is 25.4 Å². The highest BCUT2D eigenvalue weighted by atomic mass is 32.2. The summed E-state index contributed by atoms with van der Waals surface area (Å²) in [6.45, 7) is 3.84. The third-order valence-electron chi connectivity index (χ3n) is 5.86. The largest absolute Gasteiger partial charge is 0.467 e. The molecular formula is C27H24FN5O4S. The fourth-order valence-electron chi connectivity index (χ4n) is 4.09. The highest BCUT2D eigenvalue weighted by Crippen LogP contribution is 2.33. The van der Waals surface area contributed by atoms with E-state index in [-0.39, 0.29) is 17.9 Å². The lowest BCUT2D eigenvalue weighted by molar-refractivity contribution is -0.139. The molecule has 0 aliphatic carbocycles. The maximum absolute atomic E-state index is 14.7. The number of rotatable bonds is 8. The molecule has 0 saturated carbocycles. The fourth-order valence-corrected chi connectivity index (χ4v) is 5.01. The van der Waals surface area contributed by atoms with Crippen molar-refractivity contribution in [2.45, 2.75) is 25.0 Å². The van der Waals surface area contributed by atoms with Crippen molar-refractivity contribution in [3.05, 3.63) is 95.3 Å². The summed E-state index contributed by atoms with van der Waals surface area (Å²) < 4.78 is 27.3. The molecule has 2 aromatic heterocycles. The summed E-state index contributed by atoms with van der Waals surface area (Å²) in [5.41, 5.74) is 2.68. The first-order chi connectivity index (χ1) is 18.5. The third kappa shape index (κ3) is 5.05. The van der Waals surface area contributed by atoms with Gasteiger partial charge < -0.3 is 19.8 Å². The number of nitrogens with zero attached hydrogens (tertiary/aromatic N) is 3. The Kier molecular flexibility index (Phi) is 7.27. The molecular weight excluding hydrogens is 509 g/mol. The first-order valence-corrected chi connectivity index (χ1v) is 12.9. The number of nitrogens with one attached hydrogen (secondary N) is 2. The van der Waals surface area contributed by atoms with Gasteiger partial charge >= 0.3 is 12.0 Å². The zero-order valence-electron chi connectivity index (χ0n) is 20.6. The lowest BCUT2D eigenvalue weighted by Gasteiger charge is -2.27. The normalized spacial score (nSPS) is 15.2. The molecule has 3 heterocycles. The van der Waals surface area contributed by atoms with Crippen LogP contribution >= 0.6 is 11.8 Å². The standard InChI is InChI=1S/C27H24FN5O4S/c1-3-36-25(34)22-20(29-26(35)30-23(22)21-9-6-14-37-21)15-38-27-32-31-24(18-7-4-5-8-19(18)28)33(27)17-12-10-16(2)11-13-17/h4-14,23H,3,15H2,1-2H3,(H2,29,30,35). The van der Waals surface area contributed by atoms with E-state index in [9.17, 15) is 14.0 Å². The average Bonchev–Trinajstić information content (AvgIpc) is 3.59. The smallest absolute Gasteiger partial charge is 0.338 e. The summed E-state index contributed by atoms with van der Waals surface area (Å²) in [5.74, 6) is -0.125. The molecule has 4 aromatic rings. The minimum absolute atomic E-state index is 0.153. The Morgan fingerprint density at radius 1 is 1.13 bits per heavy atom. The minimum Gasteiger partial charge on any atom is -0.467 e. The number of furan rings is 1. The average molecular weight is 534 g/mol. The highest BCUT2D eigenvalue weighted by molar-refractivity contribution is 7.99. The molecule has 0 spiro atoms. The Morgan fingerprint density at radius 2 is 1.92 bits per heavy atom. The minimum atomic E-state index is -0.822. The van der Waals surface area contributed by atoms with E-state index in [0.717, 1.165) is 11.3 Å². The second-order valence-corrected chi connectivity index (χ2v) is 9.35. The molecule has 2 aromatic carbocycles. The molecule has 0 saturated heterocycles. The van der Waals surface area contributed by atoms with E-state index in [1.54, 1.807) is 41.8 Å². The van der Waals surface area contributed by atoms with Crippen LogP contribution in [0.5, 0.6) is 0 Å². The maximum atomic E-state index is 14.7. The molecule has 1 aliphatic rings. The zero-order chi connectivity index (χ0) is 26.6. The van der Waals surface area contributed by atoms with Crippen LogP contribution in [0.25, 0.3) is 17.1 Å². The lowest BCUT2D eigenvalue weighted by Crippen LogP contribution is -2.46. The summed E-state index contributed by atoms with van der Waals surface area (Å²) in [5, 5.41) is 14.5. The number of carbonyl (C=O) groups is 2. The van der Waals surface area contributed by atoms with Crippen molar-refractivity contribution >= 4 is 23.8 Å². The number of hydrogen-bond donors (Lipinski definition) is 2. The Balaban J connectivity index is 1.56. The van der Waals surface area contributed by atoms with Crippen molar-refractivity contribution in [3.63, 3.8) is 0 Å². The van der Waals surface area contributed by atoms with Crippen molar-refractivity contribution < 1.29 is 23.1 Å². The molecule has 38 heavy (non-hydrogen) atoms. The Labute approximate surface area is 222 Å². The molecule has 2 amide bonds. The van der Waals surface area contributed by atoms with Gasteiger partial charge in [0.05, 0.1) is 24.0 Å². The predicted octanol–water partition coefficient (Wildman–Crippen LogP) is 4.94. The van der Waals surface area contributed by atoms with E-state index < -0.39 is 23.9 Å². The van der Waals surface area contributed by atoms with Crippen molar-refractivity contribution in [2.24, 2.45) is 0 Å². The van der Waals surface area contributed by atoms with Crippen LogP contribution in [-0.2, 0) is 9.53 Å². The third-order valence-corrected chi connectivity index (χ3v) is 6.82. The molecule has 0 bridgehead atoms. The fraction of sp³-hybridized carbons (Fsp3) is 0.185. The summed E-state index contributed by atoms with van der Waals surface area (Å²) >= 11 is 1.24. The van der Waals surface area contributed by atoms with E-state index >= 15 is 0 Å². The van der Waals surface area contributed by atoms with E-state index in [1.807, 2.05) is 31.2 Å². The number of benzene rings is 2. The second kappa shape index (κ2) is 10.9. The molecule has 1 aliphatic heterocycles. The lowest BCUT2D eigenvalue weighted by atomic mass is 10.0. The van der Waals surface area contributed by atoms with Gasteiger partial charge in [0, 0.05) is 17.1 Å². The summed E-state index contributed by atoms with van der Waals surface area (Å²) in [4.78, 5) is 25.5. The van der Waals surface area contributed by atoms with Crippen LogP contribution in [-0.4, -0.2) is 39.1 Å². The number of ether oxygens (including phenoxy) is 1. The molecule has 194 valence electrons. The van der Waals surface area contributed by atoms with Gasteiger partial charge in [-0.15, -0.1) is 10.2 Å². The van der Waals surface area contributed by atoms with Gasteiger partial charge in [-0.1, -0.05) is 41.6 Å². The van der Waals surface area contributed by atoms with Gasteiger partial charge in [-0.05, 0) is 50.2 Å². The van der Waals surface area contributed by atoms with Crippen LogP contribution in [0.15, 0.2) is 87.8 Å². The van der Waals surface area contributed by atoms with Crippen LogP contribution < -0.4 is 10.6 Å². The van der Waals surface area contributed by atoms with E-state index in [4.69, 9.17) is 9.15 Å². The molecule has 0 radical (unpaired) electrons. The number of amides is 2. The zero-order valence-corrected chi connectivity index (χ0v) is 21.4. The van der Waals surface area contributed by atoms with Gasteiger partial charge in [0.1, 0.15) is 17.6 Å². The number of halogens is 1. The SMILES string of the molecule is CCOC(=O)C1=C(CSc2nnc(-c3ccccc3F)n2-c2ccc(C)cc2)NC(=O)NC1c1ccco1. The molecule has 1 atom stereocenters. The van der Waals surface area contributed by atoms with Crippen LogP contribution in [0.1, 0.15) is 24.3 Å². The predicted molar refractivity (Wildman–Crippen MR) is 139 cm³/mol. The van der Waals surface area contributed by atoms with Gasteiger partial charge in [-0.2, -0.15) is 0 Å². The van der Waals surface area contributed by atoms with Gasteiger partial charge in [0.15, 0.2) is 11.0 Å². The van der Waals surface area contributed by atoms with Gasteiger partial charge in [-0.25, -0.2) is 14.0 Å². The van der Waals surface area contributed by atoms with Crippen LogP contribution in [0.3, 0.4) is 0 Å². The summed E-state index contributed by atoms with van der Waals surface area (Å²) in [6.07, 6.45) is 1.47. The number of thioether (sulfide) groups is 1. The highest BCUT2D eigenvalue weighted by Gasteiger charge is 2.35. The number of hydrogen-bond acceptors (Lipinski definition) is 7. The second-order valence-electron chi connectivity index (χ2n) is 8.41. The molecule has 0 fully saturated rings. The van der Waals surface area contributed by atoms with Crippen molar-refractivity contribution in [2.75, 3.05) is 12.4 Å². The molecule has 5 rings (SSSR count). The number of aromatic nitrogens is 3. The topological polar surface area (TPSA) is 111 Å². The maximum Gasteiger partial charge on any atom is 0.338 e. The van der Waals surface area contributed by atoms with E-state index in [2.05, 4.69) is 20.8 Å². The summed E-state index contributed by atoms with van der Waals surface area (Å²) in [7, 11) is 0. The van der Waals surface area contributed by atoms with E-state index in [0.29, 0.717) is 28.0 Å². The number of carbonyl (C=O) groups excluding carboxylic acids is 2. The summed E-state index contributed by atoms with van der Waals surface area (Å²) in [6, 6.07) is 16.1. The van der Waals surface area contributed by atoms with Crippen molar-refractivity contribution in [3.8, 4) is 17.1 Å². The van der Waals surface area contributed by atoms with E-state index in [1.165, 1.54) is 24.1 Å². The number of aryl methyl sites for hydroxylation is 1. The monoisotopic (exact) mass is 533 g/mol. The molecule has 9 nitrogen and oxygen atoms in total. The number of urea groups is 1. The Hall–Kier alpha value is -4.38. The Bertz CT molecular complexity index is 1500. The van der Waals surface area contributed by atoms with Crippen molar-refractivity contribution in [1.29, 1.82) is 0 Å². The van der Waals surface area contributed by atoms with Gasteiger partial charge in [-0.3, -0.25) is 4.57 Å². The van der Waals surface area contributed by atoms with Gasteiger partial charge in [0.25, 0.3) is 0 Å². The Morgan fingerprint density at radius 3 is 2.63 bits per heavy atom.